The fourth-order valence-corrected chi connectivity index (χ4v) is 1.20. The highest BCUT2D eigenvalue weighted by Crippen LogP contribution is 2.18. The van der Waals surface area contributed by atoms with Crippen molar-refractivity contribution in [1.29, 1.82) is 5.26 Å². The van der Waals surface area contributed by atoms with Gasteiger partial charge in [0.05, 0.1) is 12.2 Å². The molecule has 16 heavy (non-hydrogen) atoms. The highest BCUT2D eigenvalue weighted by molar-refractivity contribution is 5.71. The van der Waals surface area contributed by atoms with Gasteiger partial charge in [-0.3, -0.25) is 0 Å². The van der Waals surface area contributed by atoms with E-state index in [1.807, 2.05) is 19.1 Å². The van der Waals surface area contributed by atoms with Gasteiger partial charge in [0.15, 0.2) is 6.61 Å². The molecule has 0 atom stereocenters. The lowest BCUT2D eigenvalue weighted by Crippen LogP contribution is -2.15. The number of hydrogen-bond acceptors (Lipinski definition) is 4. The van der Waals surface area contributed by atoms with E-state index in [-0.39, 0.29) is 6.61 Å². The standard InChI is InChI=1S/C12H13NO3/c1-3-15-12(14)8-16-11-5-4-9(2)6-10(11)7-13/h4-6H,3,8H2,1-2H3. The average molecular weight is 219 g/mol. The van der Waals surface area contributed by atoms with Crippen LogP contribution in [0.2, 0.25) is 0 Å². The molecule has 0 amide bonds. The summed E-state index contributed by atoms with van der Waals surface area (Å²) in [5.74, 6) is -0.0342. The van der Waals surface area contributed by atoms with E-state index in [0.29, 0.717) is 17.9 Å². The lowest BCUT2D eigenvalue weighted by molar-refractivity contribution is -0.145. The zero-order valence-electron chi connectivity index (χ0n) is 9.32. The average Bonchev–Trinajstić information content (AvgIpc) is 2.27. The van der Waals surface area contributed by atoms with Gasteiger partial charge in [0.25, 0.3) is 0 Å². The Labute approximate surface area is 94.4 Å². The molecule has 4 heteroatoms. The Kier molecular flexibility index (Phi) is 4.34. The maximum Gasteiger partial charge on any atom is 0.344 e. The first-order valence-corrected chi connectivity index (χ1v) is 4.96. The summed E-state index contributed by atoms with van der Waals surface area (Å²) >= 11 is 0. The summed E-state index contributed by atoms with van der Waals surface area (Å²) in [4.78, 5) is 11.1. The third-order valence-electron chi connectivity index (χ3n) is 1.91. The van der Waals surface area contributed by atoms with Gasteiger partial charge in [-0.25, -0.2) is 4.79 Å². The predicted octanol–water partition coefficient (Wildman–Crippen LogP) is 1.81. The number of rotatable bonds is 4. The van der Waals surface area contributed by atoms with Gasteiger partial charge in [-0.05, 0) is 31.5 Å². The number of hydrogen-bond donors (Lipinski definition) is 0. The molecule has 0 saturated heterocycles. The number of nitriles is 1. The quantitative estimate of drug-likeness (QED) is 0.724. The topological polar surface area (TPSA) is 59.3 Å². The molecule has 0 aromatic heterocycles. The fraction of sp³-hybridized carbons (Fsp3) is 0.333. The van der Waals surface area contributed by atoms with Crippen molar-refractivity contribution < 1.29 is 14.3 Å². The van der Waals surface area contributed by atoms with Crippen molar-refractivity contribution in [1.82, 2.24) is 0 Å². The van der Waals surface area contributed by atoms with E-state index >= 15 is 0 Å². The van der Waals surface area contributed by atoms with Gasteiger partial charge in [0.2, 0.25) is 0 Å². The maximum absolute atomic E-state index is 11.1. The van der Waals surface area contributed by atoms with Crippen LogP contribution in [0, 0.1) is 18.3 Å². The lowest BCUT2D eigenvalue weighted by Gasteiger charge is -2.07. The Morgan fingerprint density at radius 2 is 2.25 bits per heavy atom. The van der Waals surface area contributed by atoms with Gasteiger partial charge in [-0.15, -0.1) is 0 Å². The summed E-state index contributed by atoms with van der Waals surface area (Å²) < 4.78 is 9.91. The van der Waals surface area contributed by atoms with E-state index in [2.05, 4.69) is 0 Å². The molecule has 0 unspecified atom stereocenters. The second-order valence-electron chi connectivity index (χ2n) is 3.21. The van der Waals surface area contributed by atoms with E-state index in [1.54, 1.807) is 19.1 Å². The molecule has 0 radical (unpaired) electrons. The molecule has 0 N–H and O–H groups in total. The van der Waals surface area contributed by atoms with Crippen LogP contribution in [0.3, 0.4) is 0 Å². The summed E-state index contributed by atoms with van der Waals surface area (Å²) in [6.07, 6.45) is 0. The van der Waals surface area contributed by atoms with Crippen LogP contribution in [-0.4, -0.2) is 19.2 Å². The number of carbonyl (C=O) groups is 1. The number of esters is 1. The smallest absolute Gasteiger partial charge is 0.344 e. The Hall–Kier alpha value is -2.02. The van der Waals surface area contributed by atoms with Crippen LogP contribution >= 0.6 is 0 Å². The van der Waals surface area contributed by atoms with E-state index in [1.165, 1.54) is 0 Å². The van der Waals surface area contributed by atoms with E-state index < -0.39 is 5.97 Å². The highest BCUT2D eigenvalue weighted by Gasteiger charge is 2.07. The van der Waals surface area contributed by atoms with E-state index in [0.717, 1.165) is 5.56 Å². The molecule has 84 valence electrons. The lowest BCUT2D eigenvalue weighted by atomic mass is 10.1. The van der Waals surface area contributed by atoms with Gasteiger partial charge in [0.1, 0.15) is 11.8 Å². The molecule has 1 aromatic rings. The summed E-state index contributed by atoms with van der Waals surface area (Å²) in [6, 6.07) is 7.22. The summed E-state index contributed by atoms with van der Waals surface area (Å²) in [6.45, 7) is 3.76. The third-order valence-corrected chi connectivity index (χ3v) is 1.91. The minimum Gasteiger partial charge on any atom is -0.481 e. The Bertz CT molecular complexity index is 421. The number of benzene rings is 1. The molecule has 1 aromatic carbocycles. The molecule has 1 rings (SSSR count). The minimum absolute atomic E-state index is 0.175. The van der Waals surface area contributed by atoms with E-state index in [9.17, 15) is 4.79 Å². The highest BCUT2D eigenvalue weighted by atomic mass is 16.6. The number of carbonyl (C=O) groups excluding carboxylic acids is 1. The number of aryl methyl sites for hydroxylation is 1. The van der Waals surface area contributed by atoms with Crippen molar-refractivity contribution in [2.75, 3.05) is 13.2 Å². The first-order valence-electron chi connectivity index (χ1n) is 4.96. The van der Waals surface area contributed by atoms with Crippen molar-refractivity contribution in [2.45, 2.75) is 13.8 Å². The Morgan fingerprint density at radius 3 is 2.88 bits per heavy atom. The van der Waals surface area contributed by atoms with Gasteiger partial charge in [-0.2, -0.15) is 5.26 Å². The second-order valence-corrected chi connectivity index (χ2v) is 3.21. The molecule has 0 fully saturated rings. The normalized spacial score (nSPS) is 9.31. The van der Waals surface area contributed by atoms with Crippen LogP contribution < -0.4 is 4.74 Å². The molecule has 0 aliphatic heterocycles. The minimum atomic E-state index is -0.438. The van der Waals surface area contributed by atoms with Crippen molar-refractivity contribution in [3.05, 3.63) is 29.3 Å². The van der Waals surface area contributed by atoms with Crippen LogP contribution in [0.4, 0.5) is 0 Å². The van der Waals surface area contributed by atoms with Crippen LogP contribution in [0.25, 0.3) is 0 Å². The van der Waals surface area contributed by atoms with Crippen LogP contribution in [-0.2, 0) is 9.53 Å². The molecule has 4 nitrogen and oxygen atoms in total. The number of ether oxygens (including phenoxy) is 2. The molecule has 0 heterocycles. The largest absolute Gasteiger partial charge is 0.481 e. The monoisotopic (exact) mass is 219 g/mol. The number of nitrogens with zero attached hydrogens (tertiary/aromatic N) is 1. The van der Waals surface area contributed by atoms with E-state index in [4.69, 9.17) is 14.7 Å². The Balaban J connectivity index is 2.67. The molecule has 0 spiro atoms. The zero-order chi connectivity index (χ0) is 12.0. The maximum atomic E-state index is 11.1. The molecular weight excluding hydrogens is 206 g/mol. The van der Waals surface area contributed by atoms with Gasteiger partial charge in [-0.1, -0.05) is 6.07 Å². The fourth-order valence-electron chi connectivity index (χ4n) is 1.20. The molecular formula is C12H13NO3. The van der Waals surface area contributed by atoms with Crippen molar-refractivity contribution in [3.8, 4) is 11.8 Å². The Morgan fingerprint density at radius 1 is 1.50 bits per heavy atom. The van der Waals surface area contributed by atoms with Crippen molar-refractivity contribution in [3.63, 3.8) is 0 Å². The van der Waals surface area contributed by atoms with Crippen LogP contribution in [0.15, 0.2) is 18.2 Å². The summed E-state index contributed by atoms with van der Waals surface area (Å²) in [7, 11) is 0. The van der Waals surface area contributed by atoms with Gasteiger partial charge in [0, 0.05) is 0 Å². The molecule has 0 bridgehead atoms. The first-order chi connectivity index (χ1) is 7.67. The van der Waals surface area contributed by atoms with Crippen LogP contribution in [0.1, 0.15) is 18.1 Å². The molecule has 0 aliphatic carbocycles. The second kappa shape index (κ2) is 5.76. The first kappa shape index (κ1) is 12.1. The van der Waals surface area contributed by atoms with Crippen molar-refractivity contribution in [2.24, 2.45) is 0 Å². The van der Waals surface area contributed by atoms with Crippen LogP contribution in [0.5, 0.6) is 5.75 Å². The SMILES string of the molecule is CCOC(=O)COc1ccc(C)cc1C#N. The zero-order valence-corrected chi connectivity index (χ0v) is 9.32. The van der Waals surface area contributed by atoms with Gasteiger partial charge < -0.3 is 9.47 Å². The predicted molar refractivity (Wildman–Crippen MR) is 58.0 cm³/mol. The molecule has 0 aliphatic rings. The van der Waals surface area contributed by atoms with Crippen molar-refractivity contribution >= 4 is 5.97 Å². The third kappa shape index (κ3) is 3.28. The summed E-state index contributed by atoms with van der Waals surface area (Å²) in [5, 5.41) is 8.87. The molecule has 0 saturated carbocycles. The van der Waals surface area contributed by atoms with Gasteiger partial charge >= 0.3 is 5.97 Å². The summed E-state index contributed by atoms with van der Waals surface area (Å²) in [5.41, 5.74) is 1.39.